The first-order valence-electron chi connectivity index (χ1n) is 19.1. The highest BCUT2D eigenvalue weighted by Gasteiger charge is 2.47. The van der Waals surface area contributed by atoms with E-state index in [1.807, 2.05) is 37.3 Å². The number of likely N-dealkylation sites (tertiary alicyclic amines) is 3. The van der Waals surface area contributed by atoms with Crippen molar-refractivity contribution in [1.29, 1.82) is 0 Å². The van der Waals surface area contributed by atoms with Crippen LogP contribution >= 0.6 is 15.9 Å². The van der Waals surface area contributed by atoms with Crippen molar-refractivity contribution in [3.8, 4) is 0 Å². The molecule has 4 aliphatic rings. The lowest BCUT2D eigenvalue weighted by molar-refractivity contribution is -0.154. The molecule has 4 unspecified atom stereocenters. The van der Waals surface area contributed by atoms with Crippen molar-refractivity contribution in [3.63, 3.8) is 0 Å². The maximum Gasteiger partial charge on any atom is 0.424 e. The number of amides is 8. The van der Waals surface area contributed by atoms with E-state index in [0.717, 1.165) is 17.7 Å². The van der Waals surface area contributed by atoms with E-state index < -0.39 is 57.9 Å². The van der Waals surface area contributed by atoms with Crippen LogP contribution in [0.4, 0.5) is 9.59 Å². The average Bonchev–Trinajstić information content (AvgIpc) is 3.71. The number of ether oxygens (including phenoxy) is 2. The van der Waals surface area contributed by atoms with Crippen LogP contribution in [0.5, 0.6) is 0 Å². The molecular weight excluding hydrogens is 800 g/mol. The Morgan fingerprint density at radius 2 is 1.18 bits per heavy atom. The molecule has 15 heteroatoms. The summed E-state index contributed by atoms with van der Waals surface area (Å²) in [5.41, 5.74) is 3.15. The molecule has 0 radical (unpaired) electrons. The molecule has 6 rings (SSSR count). The lowest BCUT2D eigenvalue weighted by Crippen LogP contribution is -2.57. The van der Waals surface area contributed by atoms with Crippen LogP contribution in [0, 0.1) is 13.8 Å². The van der Waals surface area contributed by atoms with E-state index in [1.54, 1.807) is 41.5 Å². The maximum absolute atomic E-state index is 12.9. The van der Waals surface area contributed by atoms with Crippen molar-refractivity contribution in [2.24, 2.45) is 0 Å². The van der Waals surface area contributed by atoms with Gasteiger partial charge in [0.15, 0.2) is 0 Å². The van der Waals surface area contributed by atoms with Crippen LogP contribution in [-0.2, 0) is 38.2 Å². The number of nitrogens with one attached hydrogen (secondary N) is 1. The van der Waals surface area contributed by atoms with Gasteiger partial charge in [-0.3, -0.25) is 28.8 Å². The number of alkyl halides is 1. The quantitative estimate of drug-likeness (QED) is 0.277. The summed E-state index contributed by atoms with van der Waals surface area (Å²) in [6.45, 7) is 15.3. The Kier molecular flexibility index (Phi) is 14.6. The molecule has 0 aromatic heterocycles. The van der Waals surface area contributed by atoms with Crippen molar-refractivity contribution in [1.82, 2.24) is 20.0 Å². The van der Waals surface area contributed by atoms with Gasteiger partial charge in [0.2, 0.25) is 23.6 Å². The number of carbonyl (C=O) groups is 8. The summed E-state index contributed by atoms with van der Waals surface area (Å²) in [6.07, 6.45) is -0.0899. The topological polar surface area (TPSA) is 177 Å². The fraction of sp³-hybridized carbons (Fsp3) is 0.524. The molecule has 2 aromatic carbocycles. The lowest BCUT2D eigenvalue weighted by atomic mass is 9.96. The Labute approximate surface area is 342 Å². The van der Waals surface area contributed by atoms with Gasteiger partial charge in [0, 0.05) is 50.6 Å². The van der Waals surface area contributed by atoms with Crippen LogP contribution in [-0.4, -0.2) is 97.5 Å². The number of carbonyl (C=O) groups excluding carboxylic acids is 8. The molecule has 4 saturated heterocycles. The van der Waals surface area contributed by atoms with Crippen molar-refractivity contribution < 1.29 is 47.8 Å². The number of piperidine rings is 2. The minimum absolute atomic E-state index is 0.00666. The first kappa shape index (κ1) is 44.8. The number of halogens is 1. The number of rotatable bonds is 3. The van der Waals surface area contributed by atoms with Gasteiger partial charge in [-0.25, -0.2) is 9.59 Å². The second kappa shape index (κ2) is 18.6. The number of hydrogen-bond acceptors (Lipinski definition) is 10. The monoisotopic (exact) mass is 852 g/mol. The fourth-order valence-electron chi connectivity index (χ4n) is 6.75. The minimum Gasteiger partial charge on any atom is -0.443 e. The van der Waals surface area contributed by atoms with Crippen molar-refractivity contribution >= 4 is 63.6 Å². The lowest BCUT2D eigenvalue weighted by Gasteiger charge is -2.35. The predicted octanol–water partition coefficient (Wildman–Crippen LogP) is 6.20. The molecule has 14 nitrogen and oxygen atoms in total. The Morgan fingerprint density at radius 3 is 1.65 bits per heavy atom. The summed E-state index contributed by atoms with van der Waals surface area (Å²) < 4.78 is 10.2. The smallest absolute Gasteiger partial charge is 0.424 e. The molecule has 4 heterocycles. The van der Waals surface area contributed by atoms with Gasteiger partial charge in [-0.05, 0) is 79.4 Å². The Balaban J connectivity index is 0.000000209. The van der Waals surface area contributed by atoms with Gasteiger partial charge in [-0.15, -0.1) is 0 Å². The molecule has 4 fully saturated rings. The van der Waals surface area contributed by atoms with E-state index in [0.29, 0.717) is 41.5 Å². The maximum atomic E-state index is 12.9. The van der Waals surface area contributed by atoms with Gasteiger partial charge >= 0.3 is 12.2 Å². The van der Waals surface area contributed by atoms with E-state index in [2.05, 4.69) is 46.4 Å². The summed E-state index contributed by atoms with van der Waals surface area (Å²) in [6, 6.07) is 15.5. The summed E-state index contributed by atoms with van der Waals surface area (Å²) >= 11 is 3.12. The van der Waals surface area contributed by atoms with Crippen LogP contribution in [0.25, 0.3) is 0 Å². The van der Waals surface area contributed by atoms with Crippen LogP contribution < -0.4 is 5.32 Å². The molecular formula is C42H53BrN4O10. The molecule has 0 bridgehead atoms. The van der Waals surface area contributed by atoms with Gasteiger partial charge in [0.1, 0.15) is 17.2 Å². The minimum atomic E-state index is -0.978. The van der Waals surface area contributed by atoms with Gasteiger partial charge in [0.05, 0.1) is 4.83 Å². The van der Waals surface area contributed by atoms with Gasteiger partial charge in [0.25, 0.3) is 11.8 Å². The number of imide groups is 6. The summed E-state index contributed by atoms with van der Waals surface area (Å²) in [4.78, 5) is 98.0. The van der Waals surface area contributed by atoms with Crippen LogP contribution in [0.15, 0.2) is 48.5 Å². The van der Waals surface area contributed by atoms with Crippen molar-refractivity contribution in [3.05, 3.63) is 70.8 Å². The predicted molar refractivity (Wildman–Crippen MR) is 213 cm³/mol. The zero-order valence-electron chi connectivity index (χ0n) is 33.9. The SMILES string of the molecule is CC(C)(C)OC(=O)N1C(=O)CCC(Br)C1=O.Cc1cccc(C2CC(=O)N(C3CCC(=O)N(C(=O)OC(C)(C)C)C3=O)C2)c1.Cc1cccc(C2CNC(=O)C2)c1. The number of aryl methyl sites for hydroxylation is 2. The van der Waals surface area contributed by atoms with Gasteiger partial charge in [-0.1, -0.05) is 75.6 Å². The molecule has 0 saturated carbocycles. The number of hydrogen-bond donors (Lipinski definition) is 1. The van der Waals surface area contributed by atoms with Gasteiger partial charge < -0.3 is 19.7 Å². The molecule has 2 aromatic rings. The average molecular weight is 854 g/mol. The van der Waals surface area contributed by atoms with Crippen LogP contribution in [0.1, 0.15) is 114 Å². The highest BCUT2D eigenvalue weighted by atomic mass is 79.9. The molecule has 1 N–H and O–H groups in total. The first-order valence-corrected chi connectivity index (χ1v) is 20.0. The molecule has 308 valence electrons. The first-order chi connectivity index (χ1) is 26.5. The van der Waals surface area contributed by atoms with Crippen molar-refractivity contribution in [2.45, 2.75) is 128 Å². The molecule has 57 heavy (non-hydrogen) atoms. The number of benzene rings is 2. The third kappa shape index (κ3) is 12.3. The Hall–Kier alpha value is -4.92. The highest BCUT2D eigenvalue weighted by Crippen LogP contribution is 2.33. The molecule has 0 aliphatic carbocycles. The second-order valence-electron chi connectivity index (χ2n) is 16.6. The molecule has 4 atom stereocenters. The molecule has 4 aliphatic heterocycles. The Bertz CT molecular complexity index is 1900. The highest BCUT2D eigenvalue weighted by molar-refractivity contribution is 9.10. The third-order valence-electron chi connectivity index (χ3n) is 9.43. The molecule has 8 amide bonds. The van der Waals surface area contributed by atoms with E-state index >= 15 is 0 Å². The van der Waals surface area contributed by atoms with Crippen LogP contribution in [0.2, 0.25) is 0 Å². The van der Waals surface area contributed by atoms with E-state index in [4.69, 9.17) is 9.47 Å². The summed E-state index contributed by atoms with van der Waals surface area (Å²) in [7, 11) is 0. The molecule has 0 spiro atoms. The summed E-state index contributed by atoms with van der Waals surface area (Å²) in [5.74, 6) is -1.91. The zero-order chi connectivity index (χ0) is 42.4. The normalized spacial score (nSPS) is 22.6. The van der Waals surface area contributed by atoms with Crippen LogP contribution in [0.3, 0.4) is 0 Å². The third-order valence-corrected chi connectivity index (χ3v) is 10.3. The van der Waals surface area contributed by atoms with E-state index in [1.165, 1.54) is 16.0 Å². The largest absolute Gasteiger partial charge is 0.443 e. The van der Waals surface area contributed by atoms with Crippen molar-refractivity contribution in [2.75, 3.05) is 13.1 Å². The summed E-state index contributed by atoms with van der Waals surface area (Å²) in [5, 5.41) is 2.85. The van der Waals surface area contributed by atoms with E-state index in [9.17, 15) is 38.4 Å². The second-order valence-corrected chi connectivity index (χ2v) is 17.7. The van der Waals surface area contributed by atoms with Gasteiger partial charge in [-0.2, -0.15) is 9.80 Å². The zero-order valence-corrected chi connectivity index (χ0v) is 35.5. The Morgan fingerprint density at radius 1 is 0.684 bits per heavy atom. The van der Waals surface area contributed by atoms with E-state index in [-0.39, 0.29) is 37.0 Å². The fourth-order valence-corrected chi connectivity index (χ4v) is 7.18. The number of nitrogens with zero attached hydrogens (tertiary/aromatic N) is 3. The standard InChI is InChI=1S/C21H26N2O5.C11H13NO.C10H14BrNO4/c1-13-6-5-7-14(10-13)15-11-18(25)22(12-15)16-8-9-17(24)23(19(16)26)20(27)28-21(2,3)4;1-8-3-2-4-9(5-8)10-6-11(13)12-7-10;1-10(2,3)16-9(15)12-7(13)5-4-6(11)8(12)14/h5-7,10,15-16H,8-9,11-12H2,1-4H3;2-5,10H,6-7H2,1H3,(H,12,13);6H,4-5H2,1-3H3.